The lowest BCUT2D eigenvalue weighted by Crippen LogP contribution is -2.53. The molecule has 2 N–H and O–H groups in total. The van der Waals surface area contributed by atoms with E-state index in [-0.39, 0.29) is 15.6 Å². The van der Waals surface area contributed by atoms with Crippen molar-refractivity contribution < 1.29 is 17.9 Å². The van der Waals surface area contributed by atoms with E-state index < -0.39 is 17.7 Å². The van der Waals surface area contributed by atoms with E-state index in [1.807, 2.05) is 0 Å². The third-order valence-electron chi connectivity index (χ3n) is 2.38. The van der Waals surface area contributed by atoms with Crippen molar-refractivity contribution in [3.05, 3.63) is 11.3 Å². The third kappa shape index (κ3) is 1.86. The molecule has 0 saturated carbocycles. The monoisotopic (exact) mass is 354 g/mol. The van der Waals surface area contributed by atoms with Crippen molar-refractivity contribution in [1.29, 1.82) is 0 Å². The van der Waals surface area contributed by atoms with Crippen LogP contribution in [-0.4, -0.2) is 38.7 Å². The van der Waals surface area contributed by atoms with Crippen LogP contribution in [0.2, 0.25) is 0 Å². The molecule has 0 bridgehead atoms. The molecule has 0 aromatic carbocycles. The molecule has 0 radical (unpaired) electrons. The first-order chi connectivity index (χ1) is 7.25. The summed E-state index contributed by atoms with van der Waals surface area (Å²) in [4.78, 5) is 35.0. The van der Waals surface area contributed by atoms with Crippen LogP contribution < -0.4 is 5.73 Å². The van der Waals surface area contributed by atoms with Crippen LogP contribution in [0, 0.1) is 0 Å². The minimum Gasteiger partial charge on any atom is -0.324 e. The largest absolute Gasteiger partial charge is 0.451 e. The summed E-state index contributed by atoms with van der Waals surface area (Å²) in [7, 11) is 1.52. The van der Waals surface area contributed by atoms with E-state index in [0.717, 1.165) is 3.93 Å². The van der Waals surface area contributed by atoms with E-state index in [2.05, 4.69) is 32.3 Å². The highest BCUT2D eigenvalue weighted by molar-refractivity contribution is 9.08. The second-order valence-corrected chi connectivity index (χ2v) is 5.48. The number of halogens is 2. The van der Waals surface area contributed by atoms with Crippen molar-refractivity contribution in [2.75, 3.05) is 13.6 Å². The molecule has 16 heavy (non-hydrogen) atoms. The van der Waals surface area contributed by atoms with Gasteiger partial charge in [0.25, 0.3) is 5.91 Å². The van der Waals surface area contributed by atoms with Crippen LogP contribution in [0.5, 0.6) is 0 Å². The van der Waals surface area contributed by atoms with Gasteiger partial charge in [0, 0.05) is 6.92 Å². The Hall–Kier alpha value is -0.570. The molecule has 8 heteroatoms. The van der Waals surface area contributed by atoms with Crippen LogP contribution in [0.3, 0.4) is 0 Å². The molecule has 0 saturated heterocycles. The average molecular weight is 356 g/mol. The third-order valence-corrected chi connectivity index (χ3v) is 3.84. The molecule has 0 aromatic heterocycles. The number of hydrogen-bond donors (Lipinski definition) is 1. The highest BCUT2D eigenvalue weighted by atomic mass is 79.9. The van der Waals surface area contributed by atoms with Gasteiger partial charge in [-0.05, 0) is 0 Å². The van der Waals surface area contributed by atoms with Crippen molar-refractivity contribution >= 4 is 50.0 Å². The smallest absolute Gasteiger partial charge is 0.324 e. The number of nitrogens with two attached hydrogens (primary N) is 1. The fourth-order valence-electron chi connectivity index (χ4n) is 1.28. The molecule has 1 heterocycles. The number of rotatable bonds is 2. The SMILES string of the molecule is CC1=C(C(=O)CN)C(=O)N(Br)C(=O)[N+]1(C)Br. The Morgan fingerprint density at radius 3 is 2.44 bits per heavy atom. The predicted molar refractivity (Wildman–Crippen MR) is 63.0 cm³/mol. The summed E-state index contributed by atoms with van der Waals surface area (Å²) < 4.78 is 0.350. The molecular weight excluding hydrogens is 346 g/mol. The molecule has 6 nitrogen and oxygen atoms in total. The number of ketones is 1. The summed E-state index contributed by atoms with van der Waals surface area (Å²) in [5, 5.41) is 0. The Morgan fingerprint density at radius 2 is 2.00 bits per heavy atom. The van der Waals surface area contributed by atoms with Gasteiger partial charge in [0.05, 0.1) is 29.7 Å². The number of carbonyl (C=O) groups is 3. The summed E-state index contributed by atoms with van der Waals surface area (Å²) in [5.41, 5.74) is 5.47. The first-order valence-electron chi connectivity index (χ1n) is 4.30. The highest BCUT2D eigenvalue weighted by Crippen LogP contribution is 2.33. The van der Waals surface area contributed by atoms with Crippen LogP contribution in [-0.2, 0) is 9.59 Å². The number of hydrogen-bond acceptors (Lipinski definition) is 4. The van der Waals surface area contributed by atoms with Gasteiger partial charge in [0.15, 0.2) is 5.78 Å². The quantitative estimate of drug-likeness (QED) is 0.587. The van der Waals surface area contributed by atoms with Gasteiger partial charge in [-0.2, -0.15) is 3.93 Å². The first kappa shape index (κ1) is 13.5. The molecule has 88 valence electrons. The van der Waals surface area contributed by atoms with Gasteiger partial charge in [-0.1, -0.05) is 0 Å². The van der Waals surface area contributed by atoms with Crippen molar-refractivity contribution in [1.82, 2.24) is 3.93 Å². The molecule has 0 fully saturated rings. The summed E-state index contributed by atoms with van der Waals surface area (Å²) in [5.74, 6) is -1.18. The van der Waals surface area contributed by atoms with Crippen LogP contribution in [0.15, 0.2) is 11.3 Å². The van der Waals surface area contributed by atoms with Crippen molar-refractivity contribution in [2.45, 2.75) is 6.92 Å². The molecule has 1 unspecified atom stereocenters. The molecule has 1 aliphatic heterocycles. The second kappa shape index (κ2) is 4.36. The van der Waals surface area contributed by atoms with Crippen molar-refractivity contribution in [2.24, 2.45) is 5.73 Å². The summed E-state index contributed by atoms with van der Waals surface area (Å²) in [6, 6.07) is -0.531. The molecular formula is C8H10Br2N3O3+. The van der Waals surface area contributed by atoms with E-state index in [1.54, 1.807) is 0 Å². The lowest BCUT2D eigenvalue weighted by molar-refractivity contribution is -0.627. The molecule has 0 spiro atoms. The zero-order chi connectivity index (χ0) is 12.7. The number of imide groups is 1. The molecule has 0 aliphatic carbocycles. The second-order valence-electron chi connectivity index (χ2n) is 3.35. The average Bonchev–Trinajstić information content (AvgIpc) is 2.24. The summed E-state index contributed by atoms with van der Waals surface area (Å²) in [6.45, 7) is 1.26. The van der Waals surface area contributed by atoms with Gasteiger partial charge in [-0.15, -0.1) is 3.51 Å². The lowest BCUT2D eigenvalue weighted by Gasteiger charge is -2.31. The molecule has 3 amide bonds. The Morgan fingerprint density at radius 1 is 1.50 bits per heavy atom. The van der Waals surface area contributed by atoms with E-state index in [0.29, 0.717) is 5.70 Å². The summed E-state index contributed by atoms with van der Waals surface area (Å²) in [6.07, 6.45) is 0. The Bertz CT molecular complexity index is 417. The minimum atomic E-state index is -0.687. The van der Waals surface area contributed by atoms with Crippen LogP contribution in [0.25, 0.3) is 0 Å². The first-order valence-corrected chi connectivity index (χ1v) is 5.72. The number of Topliss-reactive ketones (excluding diaryl/α,β-unsaturated/α-hetero) is 1. The Balaban J connectivity index is 3.43. The standard InChI is InChI=1S/C8H10Br2N3O3/c1-4-6(5(14)3-11)7(15)12(9)8(16)13(4,2)10/h3,11H2,1-2H3/q+1. The number of nitrogens with zero attached hydrogens (tertiary/aromatic N) is 2. The zero-order valence-electron chi connectivity index (χ0n) is 8.66. The van der Waals surface area contributed by atoms with Crippen molar-refractivity contribution in [3.63, 3.8) is 0 Å². The van der Waals surface area contributed by atoms with E-state index in [1.165, 1.54) is 14.0 Å². The fourth-order valence-corrected chi connectivity index (χ4v) is 2.32. The van der Waals surface area contributed by atoms with Crippen LogP contribution in [0.1, 0.15) is 6.92 Å². The zero-order valence-corrected chi connectivity index (χ0v) is 11.8. The number of urea groups is 1. The maximum Gasteiger partial charge on any atom is 0.451 e. The maximum atomic E-state index is 11.7. The van der Waals surface area contributed by atoms with Gasteiger partial charge in [-0.25, -0.2) is 4.79 Å². The van der Waals surface area contributed by atoms with Gasteiger partial charge >= 0.3 is 6.03 Å². The maximum absolute atomic E-state index is 11.7. The molecule has 1 rings (SSSR count). The molecule has 1 atom stereocenters. The van der Waals surface area contributed by atoms with E-state index in [4.69, 9.17) is 5.73 Å². The predicted octanol–water partition coefficient (Wildman–Crippen LogP) is 0.817. The fraction of sp³-hybridized carbons (Fsp3) is 0.375. The van der Waals surface area contributed by atoms with E-state index >= 15 is 0 Å². The van der Waals surface area contributed by atoms with E-state index in [9.17, 15) is 14.4 Å². The summed E-state index contributed by atoms with van der Waals surface area (Å²) >= 11 is 5.96. The number of allylic oxidation sites excluding steroid dienone is 1. The highest BCUT2D eigenvalue weighted by Gasteiger charge is 2.49. The number of amides is 3. The Labute approximate surface area is 109 Å². The van der Waals surface area contributed by atoms with Gasteiger partial charge in [-0.3, -0.25) is 9.59 Å². The number of carbonyl (C=O) groups excluding carboxylic acids is 3. The normalized spacial score (nSPS) is 26.4. The van der Waals surface area contributed by atoms with Crippen molar-refractivity contribution in [3.8, 4) is 0 Å². The molecule has 1 aliphatic rings. The molecule has 0 aromatic rings. The minimum absolute atomic E-state index is 0.0710. The van der Waals surface area contributed by atoms with Crippen LogP contribution in [0.4, 0.5) is 4.79 Å². The van der Waals surface area contributed by atoms with Gasteiger partial charge in [0.1, 0.15) is 11.3 Å². The number of quaternary nitrogens is 1. The Kier molecular flexibility index (Phi) is 3.68. The van der Waals surface area contributed by atoms with Gasteiger partial charge in [0.2, 0.25) is 16.1 Å². The van der Waals surface area contributed by atoms with Gasteiger partial charge < -0.3 is 5.73 Å². The lowest BCUT2D eigenvalue weighted by atomic mass is 10.1. The topological polar surface area (TPSA) is 80.5 Å². The van der Waals surface area contributed by atoms with Crippen LogP contribution >= 0.6 is 32.3 Å².